The normalized spacial score (nSPS) is 21.6. The van der Waals surface area contributed by atoms with Crippen molar-refractivity contribution in [2.24, 2.45) is 0 Å². The summed E-state index contributed by atoms with van der Waals surface area (Å²) in [4.78, 5) is 13.2. The van der Waals surface area contributed by atoms with Gasteiger partial charge in [0.25, 0.3) is 0 Å². The molecule has 2 N–H and O–H groups in total. The molecule has 5 heteroatoms. The predicted octanol–water partition coefficient (Wildman–Crippen LogP) is 0.585. The van der Waals surface area contributed by atoms with Gasteiger partial charge in [-0.1, -0.05) is 0 Å². The summed E-state index contributed by atoms with van der Waals surface area (Å²) in [5.74, 6) is 0.479. The first-order valence-electron chi connectivity index (χ1n) is 5.97. The number of piperazine rings is 1. The van der Waals surface area contributed by atoms with E-state index in [9.17, 15) is 0 Å². The average Bonchev–Trinajstić information content (AvgIpc) is 2.26. The third-order valence-corrected chi connectivity index (χ3v) is 3.51. The van der Waals surface area contributed by atoms with Gasteiger partial charge < -0.3 is 5.73 Å². The Labute approximate surface area is 103 Å². The second-order valence-corrected chi connectivity index (χ2v) is 5.38. The Bertz CT molecular complexity index is 373. The van der Waals surface area contributed by atoms with Crippen molar-refractivity contribution in [3.8, 4) is 0 Å². The van der Waals surface area contributed by atoms with E-state index >= 15 is 0 Å². The van der Waals surface area contributed by atoms with E-state index in [-0.39, 0.29) is 5.54 Å². The van der Waals surface area contributed by atoms with Crippen LogP contribution in [-0.4, -0.2) is 52.0 Å². The largest absolute Gasteiger partial charge is 0.382 e. The molecule has 0 bridgehead atoms. The number of anilines is 1. The number of hydrogen-bond donors (Lipinski definition) is 1. The van der Waals surface area contributed by atoms with Gasteiger partial charge >= 0.3 is 0 Å². The maximum atomic E-state index is 5.53. The maximum Gasteiger partial charge on any atom is 0.141 e. The maximum absolute atomic E-state index is 5.53. The molecule has 2 heterocycles. The second-order valence-electron chi connectivity index (χ2n) is 5.38. The van der Waals surface area contributed by atoms with Gasteiger partial charge in [-0.2, -0.15) is 0 Å². The van der Waals surface area contributed by atoms with Crippen molar-refractivity contribution >= 4 is 5.82 Å². The van der Waals surface area contributed by atoms with Crippen LogP contribution in [0.3, 0.4) is 0 Å². The lowest BCUT2D eigenvalue weighted by Crippen LogP contribution is -2.57. The lowest BCUT2D eigenvalue weighted by Gasteiger charge is -2.45. The molecule has 1 fully saturated rings. The minimum absolute atomic E-state index is 0.222. The minimum Gasteiger partial charge on any atom is -0.382 e. The summed E-state index contributed by atoms with van der Waals surface area (Å²) in [7, 11) is 2.18. The molecule has 0 amide bonds. The van der Waals surface area contributed by atoms with E-state index in [1.807, 2.05) is 0 Å². The molecule has 1 aromatic heterocycles. The Morgan fingerprint density at radius 3 is 2.65 bits per heavy atom. The van der Waals surface area contributed by atoms with Crippen LogP contribution in [0.4, 0.5) is 5.82 Å². The SMILES string of the molecule is CN1CCN(Cc2cnc(N)cn2)CC1(C)C. The number of nitrogens with two attached hydrogens (primary N) is 1. The zero-order valence-corrected chi connectivity index (χ0v) is 10.8. The van der Waals surface area contributed by atoms with E-state index in [1.54, 1.807) is 12.4 Å². The van der Waals surface area contributed by atoms with Gasteiger partial charge in [0.1, 0.15) is 5.82 Å². The van der Waals surface area contributed by atoms with Crippen molar-refractivity contribution in [2.45, 2.75) is 25.9 Å². The first-order chi connectivity index (χ1) is 7.97. The third kappa shape index (κ3) is 2.92. The minimum atomic E-state index is 0.222. The zero-order chi connectivity index (χ0) is 12.5. The van der Waals surface area contributed by atoms with E-state index in [0.29, 0.717) is 5.82 Å². The van der Waals surface area contributed by atoms with Gasteiger partial charge in [-0.3, -0.25) is 14.8 Å². The van der Waals surface area contributed by atoms with Crippen LogP contribution in [-0.2, 0) is 6.54 Å². The van der Waals surface area contributed by atoms with Crippen molar-refractivity contribution in [1.82, 2.24) is 19.8 Å². The van der Waals surface area contributed by atoms with Crippen LogP contribution < -0.4 is 5.73 Å². The van der Waals surface area contributed by atoms with Crippen LogP contribution in [0.2, 0.25) is 0 Å². The molecule has 2 rings (SSSR count). The molecular weight excluding hydrogens is 214 g/mol. The molecule has 0 aromatic carbocycles. The van der Waals surface area contributed by atoms with Crippen LogP contribution in [0.15, 0.2) is 12.4 Å². The quantitative estimate of drug-likeness (QED) is 0.813. The molecule has 94 valence electrons. The van der Waals surface area contributed by atoms with Crippen molar-refractivity contribution in [1.29, 1.82) is 0 Å². The van der Waals surface area contributed by atoms with Gasteiger partial charge in [-0.15, -0.1) is 0 Å². The fraction of sp³-hybridized carbons (Fsp3) is 0.667. The molecule has 17 heavy (non-hydrogen) atoms. The zero-order valence-electron chi connectivity index (χ0n) is 10.8. The molecule has 0 unspecified atom stereocenters. The summed E-state index contributed by atoms with van der Waals surface area (Å²) >= 11 is 0. The number of aromatic nitrogens is 2. The third-order valence-electron chi connectivity index (χ3n) is 3.51. The molecule has 0 radical (unpaired) electrons. The first kappa shape index (κ1) is 12.3. The molecular formula is C12H21N5. The number of nitrogen functional groups attached to an aromatic ring is 1. The number of hydrogen-bond acceptors (Lipinski definition) is 5. The molecule has 0 atom stereocenters. The second kappa shape index (κ2) is 4.58. The van der Waals surface area contributed by atoms with Crippen molar-refractivity contribution in [3.63, 3.8) is 0 Å². The molecule has 0 aliphatic carbocycles. The molecule has 1 saturated heterocycles. The number of rotatable bonds is 2. The van der Waals surface area contributed by atoms with E-state index < -0.39 is 0 Å². The topological polar surface area (TPSA) is 58.3 Å². The molecule has 5 nitrogen and oxygen atoms in total. The van der Waals surface area contributed by atoms with E-state index in [2.05, 4.69) is 40.7 Å². The fourth-order valence-electron chi connectivity index (χ4n) is 2.15. The smallest absolute Gasteiger partial charge is 0.141 e. The van der Waals surface area contributed by atoms with Crippen LogP contribution in [0, 0.1) is 0 Å². The highest BCUT2D eigenvalue weighted by molar-refractivity contribution is 5.22. The van der Waals surface area contributed by atoms with E-state index in [4.69, 9.17) is 5.73 Å². The molecule has 0 spiro atoms. The van der Waals surface area contributed by atoms with Gasteiger partial charge in [0, 0.05) is 31.7 Å². The van der Waals surface area contributed by atoms with Gasteiger partial charge in [0.2, 0.25) is 0 Å². The van der Waals surface area contributed by atoms with Gasteiger partial charge in [0.15, 0.2) is 0 Å². The summed E-state index contributed by atoms with van der Waals surface area (Å²) < 4.78 is 0. The summed E-state index contributed by atoms with van der Waals surface area (Å²) in [5, 5.41) is 0. The van der Waals surface area contributed by atoms with Crippen LogP contribution in [0.25, 0.3) is 0 Å². The van der Waals surface area contributed by atoms with Crippen LogP contribution in [0.1, 0.15) is 19.5 Å². The van der Waals surface area contributed by atoms with Crippen molar-refractivity contribution in [2.75, 3.05) is 32.4 Å². The Balaban J connectivity index is 1.98. The fourth-order valence-corrected chi connectivity index (χ4v) is 2.15. The van der Waals surface area contributed by atoms with Gasteiger partial charge in [-0.05, 0) is 20.9 Å². The summed E-state index contributed by atoms with van der Waals surface area (Å²) in [6.45, 7) is 8.61. The highest BCUT2D eigenvalue weighted by atomic mass is 15.3. The van der Waals surface area contributed by atoms with Crippen molar-refractivity contribution in [3.05, 3.63) is 18.1 Å². The predicted molar refractivity (Wildman–Crippen MR) is 68.4 cm³/mol. The molecule has 1 aromatic rings. The monoisotopic (exact) mass is 235 g/mol. The molecule has 0 saturated carbocycles. The number of nitrogens with zero attached hydrogens (tertiary/aromatic N) is 4. The summed E-state index contributed by atoms with van der Waals surface area (Å²) in [6, 6.07) is 0. The average molecular weight is 235 g/mol. The summed E-state index contributed by atoms with van der Waals surface area (Å²) in [5.41, 5.74) is 6.73. The van der Waals surface area contributed by atoms with Crippen molar-refractivity contribution < 1.29 is 0 Å². The Morgan fingerprint density at radius 1 is 1.29 bits per heavy atom. The van der Waals surface area contributed by atoms with Gasteiger partial charge in [0.05, 0.1) is 18.1 Å². The highest BCUT2D eigenvalue weighted by Gasteiger charge is 2.30. The first-order valence-corrected chi connectivity index (χ1v) is 5.97. The van der Waals surface area contributed by atoms with Crippen LogP contribution in [0.5, 0.6) is 0 Å². The highest BCUT2D eigenvalue weighted by Crippen LogP contribution is 2.19. The Hall–Kier alpha value is -1.20. The molecule has 1 aliphatic heterocycles. The Morgan fingerprint density at radius 2 is 2.06 bits per heavy atom. The van der Waals surface area contributed by atoms with Crippen LogP contribution >= 0.6 is 0 Å². The molecule has 1 aliphatic rings. The van der Waals surface area contributed by atoms with E-state index in [1.165, 1.54) is 0 Å². The lowest BCUT2D eigenvalue weighted by molar-refractivity contribution is 0.0353. The van der Waals surface area contributed by atoms with Gasteiger partial charge in [-0.25, -0.2) is 4.98 Å². The Kier molecular flexibility index (Phi) is 3.31. The lowest BCUT2D eigenvalue weighted by atomic mass is 10.00. The standard InChI is InChI=1S/C12H21N5/c1-12(2)9-17(5-4-16(12)3)8-10-6-15-11(13)7-14-10/h6-7H,4-5,8-9H2,1-3H3,(H2,13,15). The van der Waals surface area contributed by atoms with E-state index in [0.717, 1.165) is 31.9 Å². The number of likely N-dealkylation sites (N-methyl/N-ethyl adjacent to an activating group) is 1. The summed E-state index contributed by atoms with van der Waals surface area (Å²) in [6.07, 6.45) is 3.39.